The molecule has 0 aliphatic rings. The largest absolute Gasteiger partial charge is 0.613 e. The summed E-state index contributed by atoms with van der Waals surface area (Å²) in [5.41, 5.74) is 13.5. The Kier molecular flexibility index (Phi) is 3.70. The second-order valence-electron chi connectivity index (χ2n) is 3.28. The van der Waals surface area contributed by atoms with Crippen molar-refractivity contribution in [2.45, 2.75) is 12.8 Å². The molecule has 1 aromatic rings. The van der Waals surface area contributed by atoms with Crippen LogP contribution in [0.3, 0.4) is 0 Å². The molecule has 1 atom stereocenters. The summed E-state index contributed by atoms with van der Waals surface area (Å²) in [6.45, 7) is 0.407. The smallest absolute Gasteiger partial charge is 0.0945 e. The van der Waals surface area contributed by atoms with Crippen molar-refractivity contribution in [3.05, 3.63) is 29.0 Å². The Morgan fingerprint density at radius 2 is 1.93 bits per heavy atom. The fourth-order valence-corrected chi connectivity index (χ4v) is 1.25. The summed E-state index contributed by atoms with van der Waals surface area (Å²) in [5.74, 6) is 5.03. The van der Waals surface area contributed by atoms with Gasteiger partial charge in [-0.1, -0.05) is 6.07 Å². The molecule has 1 rings (SSSR count). The van der Waals surface area contributed by atoms with Crippen molar-refractivity contribution >= 4 is 11.4 Å². The maximum atomic E-state index is 10.5. The molecule has 5 nitrogen and oxygen atoms in total. The van der Waals surface area contributed by atoms with E-state index in [2.05, 4.69) is 0 Å². The average Bonchev–Trinajstić information content (AvgIpc) is 2.10. The van der Waals surface area contributed by atoms with Crippen LogP contribution in [0.15, 0.2) is 18.2 Å². The van der Waals surface area contributed by atoms with Gasteiger partial charge in [-0.05, 0) is 24.1 Å². The van der Waals surface area contributed by atoms with Crippen molar-refractivity contribution in [1.82, 2.24) is 0 Å². The van der Waals surface area contributed by atoms with Crippen molar-refractivity contribution < 1.29 is 5.17 Å². The predicted octanol–water partition coefficient (Wildman–Crippen LogP) is -0.960. The monoisotopic (exact) mass is 196 g/mol. The Labute approximate surface area is 83.0 Å². The van der Waals surface area contributed by atoms with E-state index >= 15 is 0 Å². The summed E-state index contributed by atoms with van der Waals surface area (Å²) in [5, 5.41) is 10.2. The fraction of sp³-hybridized carbons (Fsp3) is 0.333. The Bertz CT molecular complexity index is 301. The standard InChI is InChI=1S/C9H16N4O/c10-8-4-3-7(6-9(8)11)2-1-5-13(12)14/h3-4,6,13H,1-2,5,10-12H2. The molecule has 78 valence electrons. The van der Waals surface area contributed by atoms with Crippen LogP contribution < -0.4 is 22.5 Å². The van der Waals surface area contributed by atoms with Crippen LogP contribution in [0.4, 0.5) is 11.4 Å². The van der Waals surface area contributed by atoms with Crippen LogP contribution in [0.25, 0.3) is 0 Å². The molecule has 0 radical (unpaired) electrons. The lowest BCUT2D eigenvalue weighted by atomic mass is 10.1. The summed E-state index contributed by atoms with van der Waals surface area (Å²) in [6.07, 6.45) is 1.55. The molecule has 14 heavy (non-hydrogen) atoms. The van der Waals surface area contributed by atoms with Gasteiger partial charge in [0.25, 0.3) is 0 Å². The highest BCUT2D eigenvalue weighted by Gasteiger charge is 1.98. The molecule has 0 bridgehead atoms. The van der Waals surface area contributed by atoms with Gasteiger partial charge in [0.2, 0.25) is 0 Å². The maximum Gasteiger partial charge on any atom is 0.0945 e. The molecule has 0 saturated carbocycles. The minimum atomic E-state index is -0.270. The maximum absolute atomic E-state index is 10.5. The van der Waals surface area contributed by atoms with E-state index in [-0.39, 0.29) is 5.17 Å². The molecule has 0 aliphatic carbocycles. The Balaban J connectivity index is 2.47. The van der Waals surface area contributed by atoms with Crippen LogP contribution in [-0.4, -0.2) is 6.54 Å². The number of nitrogens with two attached hydrogens (primary N) is 3. The van der Waals surface area contributed by atoms with Crippen molar-refractivity contribution in [3.8, 4) is 0 Å². The highest BCUT2D eigenvalue weighted by atomic mass is 16.5. The van der Waals surface area contributed by atoms with E-state index in [0.29, 0.717) is 17.9 Å². The zero-order chi connectivity index (χ0) is 10.6. The molecule has 0 heterocycles. The van der Waals surface area contributed by atoms with Gasteiger partial charge in [-0.3, -0.25) is 5.17 Å². The molecular formula is C9H16N4O. The van der Waals surface area contributed by atoms with E-state index in [1.165, 1.54) is 0 Å². The highest BCUT2D eigenvalue weighted by molar-refractivity contribution is 5.63. The lowest BCUT2D eigenvalue weighted by molar-refractivity contribution is -0.861. The highest BCUT2D eigenvalue weighted by Crippen LogP contribution is 2.16. The van der Waals surface area contributed by atoms with Crippen molar-refractivity contribution in [3.63, 3.8) is 0 Å². The first-order chi connectivity index (χ1) is 6.59. The normalized spacial score (nSPS) is 12.7. The van der Waals surface area contributed by atoms with Crippen LogP contribution in [0.2, 0.25) is 0 Å². The number of benzene rings is 1. The number of hydrogen-bond donors (Lipinski definition) is 4. The van der Waals surface area contributed by atoms with Crippen LogP contribution in [-0.2, 0) is 6.42 Å². The van der Waals surface area contributed by atoms with Gasteiger partial charge in [0, 0.05) is 6.42 Å². The topological polar surface area (TPSA) is 106 Å². The fourth-order valence-electron chi connectivity index (χ4n) is 1.25. The van der Waals surface area contributed by atoms with E-state index in [1.54, 1.807) is 6.07 Å². The molecule has 0 fully saturated rings. The number of nitrogens with one attached hydrogen (secondary N) is 1. The van der Waals surface area contributed by atoms with E-state index in [9.17, 15) is 5.21 Å². The van der Waals surface area contributed by atoms with E-state index in [4.69, 9.17) is 17.3 Å². The molecule has 0 aliphatic heterocycles. The first-order valence-electron chi connectivity index (χ1n) is 4.52. The third kappa shape index (κ3) is 3.21. The van der Waals surface area contributed by atoms with Crippen molar-refractivity contribution in [2.75, 3.05) is 18.0 Å². The first-order valence-corrected chi connectivity index (χ1v) is 4.52. The SMILES string of the molecule is Nc1ccc(CCC[NH+](N)[O-])cc1N. The number of aryl methyl sites for hydroxylation is 1. The predicted molar refractivity (Wildman–Crippen MR) is 57.0 cm³/mol. The minimum absolute atomic E-state index is 0.270. The second-order valence-corrected chi connectivity index (χ2v) is 3.28. The van der Waals surface area contributed by atoms with E-state index in [1.807, 2.05) is 12.1 Å². The quantitative estimate of drug-likeness (QED) is 0.283. The third-order valence-corrected chi connectivity index (χ3v) is 2.04. The van der Waals surface area contributed by atoms with Crippen LogP contribution in [0.1, 0.15) is 12.0 Å². The molecule has 0 amide bonds. The van der Waals surface area contributed by atoms with Gasteiger partial charge in [-0.2, -0.15) is 5.84 Å². The summed E-state index contributed by atoms with van der Waals surface area (Å²) in [4.78, 5) is 0. The molecule has 0 saturated heterocycles. The Hall–Kier alpha value is -1.30. The number of quaternary nitrogens is 1. The van der Waals surface area contributed by atoms with Crippen LogP contribution >= 0.6 is 0 Å². The van der Waals surface area contributed by atoms with Crippen molar-refractivity contribution in [1.29, 1.82) is 0 Å². The van der Waals surface area contributed by atoms with Crippen molar-refractivity contribution in [2.24, 2.45) is 5.84 Å². The molecular weight excluding hydrogens is 180 g/mol. The number of rotatable bonds is 4. The summed E-state index contributed by atoms with van der Waals surface area (Å²) < 4.78 is 0. The summed E-state index contributed by atoms with van der Waals surface area (Å²) in [7, 11) is 0. The van der Waals surface area contributed by atoms with Crippen LogP contribution in [0.5, 0.6) is 0 Å². The van der Waals surface area contributed by atoms with E-state index in [0.717, 1.165) is 18.4 Å². The zero-order valence-corrected chi connectivity index (χ0v) is 7.99. The summed E-state index contributed by atoms with van der Waals surface area (Å²) in [6, 6.07) is 5.51. The van der Waals surface area contributed by atoms with Gasteiger partial charge in [0.05, 0.1) is 17.9 Å². The Morgan fingerprint density at radius 3 is 2.50 bits per heavy atom. The number of anilines is 2. The average molecular weight is 196 g/mol. The van der Waals surface area contributed by atoms with Crippen LogP contribution in [0, 0.1) is 5.21 Å². The van der Waals surface area contributed by atoms with Gasteiger partial charge in [-0.25, -0.2) is 0 Å². The molecule has 0 aromatic heterocycles. The van der Waals surface area contributed by atoms with Gasteiger partial charge < -0.3 is 16.7 Å². The van der Waals surface area contributed by atoms with Gasteiger partial charge in [-0.15, -0.1) is 0 Å². The third-order valence-electron chi connectivity index (χ3n) is 2.04. The molecule has 5 heteroatoms. The Morgan fingerprint density at radius 1 is 1.21 bits per heavy atom. The lowest BCUT2D eigenvalue weighted by Crippen LogP contribution is -3.13. The zero-order valence-electron chi connectivity index (χ0n) is 7.99. The van der Waals surface area contributed by atoms with E-state index < -0.39 is 0 Å². The van der Waals surface area contributed by atoms with Gasteiger partial charge in [0.1, 0.15) is 0 Å². The molecule has 1 aromatic carbocycles. The molecule has 7 N–H and O–H groups in total. The molecule has 1 unspecified atom stereocenters. The number of hydroxylamine groups is 1. The summed E-state index contributed by atoms with van der Waals surface area (Å²) >= 11 is 0. The second kappa shape index (κ2) is 4.80. The molecule has 0 spiro atoms. The first kappa shape index (κ1) is 10.8. The lowest BCUT2D eigenvalue weighted by Gasteiger charge is -2.14. The number of nitrogen functional groups attached to an aromatic ring is 2. The number of hydrogen-bond acceptors (Lipinski definition) is 4. The minimum Gasteiger partial charge on any atom is -0.613 e. The van der Waals surface area contributed by atoms with Gasteiger partial charge >= 0.3 is 0 Å². The van der Waals surface area contributed by atoms with Gasteiger partial charge in [0.15, 0.2) is 0 Å².